The van der Waals surface area contributed by atoms with Crippen molar-refractivity contribution in [3.05, 3.63) is 58.7 Å². The number of rotatable bonds is 10. The Morgan fingerprint density at radius 3 is 1.18 bits per heavy atom. The lowest BCUT2D eigenvalue weighted by Gasteiger charge is -2.39. The Balaban J connectivity index is 2.19. The normalized spacial score (nSPS) is 17.2. The standard InChI is InChI=1S/C25H8Cl3F17N2O4/c26-19(33,22(37,38)20(27,34)24(28,41)42)17(29,30)15(50)46-9-5-6-10(12-11(9)13(48)7-3-1-2-4-8(7)14(12)49)47-16(51)18(31,32)21(35,36)23(39,40)25(43,44)45/h1-6H,(H,46,50)(H,47,51). The van der Waals surface area contributed by atoms with Crippen LogP contribution in [-0.4, -0.2) is 74.8 Å². The zero-order valence-corrected chi connectivity index (χ0v) is 25.4. The summed E-state index contributed by atoms with van der Waals surface area (Å²) in [7, 11) is 0. The first kappa shape index (κ1) is 41.8. The van der Waals surface area contributed by atoms with Gasteiger partial charge in [0, 0.05) is 11.1 Å². The molecule has 0 aliphatic heterocycles. The summed E-state index contributed by atoms with van der Waals surface area (Å²) in [5, 5.41) is -17.5. The minimum absolute atomic E-state index is 0.0393. The second-order valence-corrected chi connectivity index (χ2v) is 11.6. The van der Waals surface area contributed by atoms with E-state index in [1.165, 1.54) is 0 Å². The first-order valence-corrected chi connectivity index (χ1v) is 13.5. The molecule has 2 aromatic rings. The van der Waals surface area contributed by atoms with Crippen LogP contribution in [-0.2, 0) is 9.59 Å². The predicted octanol–water partition coefficient (Wildman–Crippen LogP) is 8.72. The largest absolute Gasteiger partial charge is 0.460 e. The van der Waals surface area contributed by atoms with Crippen molar-refractivity contribution in [3.8, 4) is 0 Å². The number of ketones is 2. The molecule has 0 saturated heterocycles. The van der Waals surface area contributed by atoms with E-state index in [1.807, 2.05) is 0 Å². The fourth-order valence-corrected chi connectivity index (χ4v) is 4.58. The highest BCUT2D eigenvalue weighted by Crippen LogP contribution is 2.60. The molecule has 0 bridgehead atoms. The number of hydrogen-bond donors (Lipinski definition) is 2. The quantitative estimate of drug-likeness (QED) is 0.158. The monoisotopic (exact) mass is 828 g/mol. The summed E-state index contributed by atoms with van der Waals surface area (Å²) in [6.07, 6.45) is -7.39. The summed E-state index contributed by atoms with van der Waals surface area (Å²) in [6.45, 7) is 0. The van der Waals surface area contributed by atoms with Crippen molar-refractivity contribution < 1.29 is 93.8 Å². The van der Waals surface area contributed by atoms with E-state index in [2.05, 4.69) is 34.8 Å². The van der Waals surface area contributed by atoms with Crippen molar-refractivity contribution >= 4 is 69.6 Å². The maximum Gasteiger partial charge on any atom is 0.460 e. The number of anilines is 2. The summed E-state index contributed by atoms with van der Waals surface area (Å²) in [4.78, 5) is 51.0. The van der Waals surface area contributed by atoms with Crippen molar-refractivity contribution in [1.29, 1.82) is 0 Å². The molecule has 2 N–H and O–H groups in total. The third-order valence-electron chi connectivity index (χ3n) is 6.83. The van der Waals surface area contributed by atoms with E-state index in [9.17, 15) is 93.8 Å². The van der Waals surface area contributed by atoms with Crippen molar-refractivity contribution in [2.75, 3.05) is 10.6 Å². The van der Waals surface area contributed by atoms with E-state index in [0.717, 1.165) is 29.6 Å². The Labute approximate surface area is 284 Å². The van der Waals surface area contributed by atoms with Crippen LogP contribution in [0.2, 0.25) is 0 Å². The minimum atomic E-state index is -7.60. The highest BCUT2D eigenvalue weighted by molar-refractivity contribution is 6.35. The molecule has 26 heteroatoms. The average Bonchev–Trinajstić information content (AvgIpc) is 2.98. The van der Waals surface area contributed by atoms with Crippen LogP contribution in [0, 0.1) is 0 Å². The summed E-state index contributed by atoms with van der Waals surface area (Å²) >= 11 is 12.6. The van der Waals surface area contributed by atoms with Gasteiger partial charge in [0.25, 0.3) is 5.91 Å². The zero-order valence-electron chi connectivity index (χ0n) is 23.2. The van der Waals surface area contributed by atoms with E-state index in [1.54, 1.807) is 0 Å². The second kappa shape index (κ2) is 12.2. The number of fused-ring (bicyclic) bond motifs is 2. The molecule has 51 heavy (non-hydrogen) atoms. The third-order valence-corrected chi connectivity index (χ3v) is 8.13. The van der Waals surface area contributed by atoms with Crippen LogP contribution in [0.4, 0.5) is 86.0 Å². The Morgan fingerprint density at radius 2 is 0.843 bits per heavy atom. The molecule has 0 saturated carbocycles. The highest BCUT2D eigenvalue weighted by atomic mass is 35.5. The topological polar surface area (TPSA) is 92.3 Å². The van der Waals surface area contributed by atoms with Crippen LogP contribution in [0.3, 0.4) is 0 Å². The highest BCUT2D eigenvalue weighted by Gasteiger charge is 2.85. The van der Waals surface area contributed by atoms with Gasteiger partial charge in [-0.05, 0) is 23.7 Å². The molecule has 2 atom stereocenters. The predicted molar refractivity (Wildman–Crippen MR) is 138 cm³/mol. The number of alkyl halides is 20. The molecule has 3 rings (SSSR count). The van der Waals surface area contributed by atoms with Gasteiger partial charge in [0.1, 0.15) is 0 Å². The Morgan fingerprint density at radius 1 is 0.490 bits per heavy atom. The molecule has 0 fully saturated rings. The first-order chi connectivity index (χ1) is 22.6. The smallest absolute Gasteiger partial charge is 0.320 e. The SMILES string of the molecule is O=C1c2ccccc2C(=O)c2c(NC(=O)C(F)(F)C(F)(Cl)C(F)(F)C(F)(Cl)C(F)(F)Cl)ccc(NC(=O)C(F)(F)C(F)(F)C(F)(F)C(F)(F)F)c21. The Kier molecular flexibility index (Phi) is 10.0. The molecule has 6 nitrogen and oxygen atoms in total. The number of carbonyl (C=O) groups is 4. The fourth-order valence-electron chi connectivity index (χ4n) is 4.07. The molecule has 2 amide bonds. The molecule has 282 valence electrons. The first-order valence-electron chi connectivity index (χ1n) is 12.3. The van der Waals surface area contributed by atoms with Gasteiger partial charge in [0.2, 0.25) is 0 Å². The van der Waals surface area contributed by atoms with Gasteiger partial charge in [-0.15, -0.1) is 0 Å². The van der Waals surface area contributed by atoms with Gasteiger partial charge in [0.15, 0.2) is 11.6 Å². The number of carbonyl (C=O) groups excluding carboxylic acids is 4. The van der Waals surface area contributed by atoms with Crippen LogP contribution >= 0.6 is 34.8 Å². The van der Waals surface area contributed by atoms with E-state index < -0.39 is 108 Å². The van der Waals surface area contributed by atoms with E-state index >= 15 is 0 Å². The van der Waals surface area contributed by atoms with Gasteiger partial charge in [-0.2, -0.15) is 65.9 Å². The molecule has 2 aromatic carbocycles. The summed E-state index contributed by atoms with van der Waals surface area (Å²) in [5.41, 5.74) is -8.05. The molecular weight excluding hydrogens is 822 g/mol. The number of halogens is 20. The van der Waals surface area contributed by atoms with E-state index in [4.69, 9.17) is 0 Å². The fraction of sp³-hybridized carbons (Fsp3) is 0.360. The maximum absolute atomic E-state index is 14.8. The summed E-state index contributed by atoms with van der Waals surface area (Å²) < 4.78 is 234. The average molecular weight is 830 g/mol. The lowest BCUT2D eigenvalue weighted by Crippen LogP contribution is -2.67. The summed E-state index contributed by atoms with van der Waals surface area (Å²) in [5.74, 6) is -46.4. The molecule has 1 aliphatic rings. The van der Waals surface area contributed by atoms with Crippen LogP contribution in [0.15, 0.2) is 36.4 Å². The maximum atomic E-state index is 14.8. The molecular formula is C25H8Cl3F17N2O4. The summed E-state index contributed by atoms with van der Waals surface area (Å²) in [6, 6.07) is 3.40. The molecule has 0 heterocycles. The van der Waals surface area contributed by atoms with Gasteiger partial charge in [-0.25, -0.2) is 8.78 Å². The number of hydrogen-bond acceptors (Lipinski definition) is 4. The van der Waals surface area contributed by atoms with E-state index in [-0.39, 0.29) is 12.1 Å². The molecule has 2 unspecified atom stereocenters. The van der Waals surface area contributed by atoms with Gasteiger partial charge in [-0.1, -0.05) is 47.5 Å². The lowest BCUT2D eigenvalue weighted by atomic mass is 9.82. The Hall–Kier alpha value is -3.60. The van der Waals surface area contributed by atoms with Crippen molar-refractivity contribution in [2.45, 2.75) is 51.4 Å². The van der Waals surface area contributed by atoms with Crippen LogP contribution < -0.4 is 10.6 Å². The third kappa shape index (κ3) is 6.01. The molecule has 0 spiro atoms. The van der Waals surface area contributed by atoms with Crippen molar-refractivity contribution in [3.63, 3.8) is 0 Å². The lowest BCUT2D eigenvalue weighted by molar-refractivity contribution is -0.388. The van der Waals surface area contributed by atoms with Gasteiger partial charge < -0.3 is 10.6 Å². The zero-order chi connectivity index (χ0) is 39.9. The number of amides is 2. The Bertz CT molecular complexity index is 1810. The van der Waals surface area contributed by atoms with Gasteiger partial charge in [0.05, 0.1) is 22.5 Å². The second-order valence-electron chi connectivity index (χ2n) is 10.0. The van der Waals surface area contributed by atoms with E-state index in [0.29, 0.717) is 5.32 Å². The van der Waals surface area contributed by atoms with Crippen molar-refractivity contribution in [2.24, 2.45) is 0 Å². The van der Waals surface area contributed by atoms with Crippen LogP contribution in [0.25, 0.3) is 0 Å². The van der Waals surface area contributed by atoms with Gasteiger partial charge in [-0.3, -0.25) is 19.2 Å². The number of benzene rings is 2. The molecule has 0 aromatic heterocycles. The molecule has 0 radical (unpaired) electrons. The van der Waals surface area contributed by atoms with Crippen molar-refractivity contribution in [1.82, 2.24) is 0 Å². The van der Waals surface area contributed by atoms with Gasteiger partial charge >= 0.3 is 57.3 Å². The molecule has 1 aliphatic carbocycles. The van der Waals surface area contributed by atoms with Crippen LogP contribution in [0.1, 0.15) is 31.8 Å². The minimum Gasteiger partial charge on any atom is -0.320 e. The van der Waals surface area contributed by atoms with Crippen LogP contribution in [0.5, 0.6) is 0 Å². The number of nitrogens with one attached hydrogen (secondary N) is 2.